The molecule has 1 amide bonds. The molecule has 1 N–H and O–H groups in total. The Bertz CT molecular complexity index is 1110. The Morgan fingerprint density at radius 3 is 2.93 bits per heavy atom. The number of rotatable bonds is 3. The topological polar surface area (TPSA) is 68.3 Å². The summed E-state index contributed by atoms with van der Waals surface area (Å²) in [5, 5.41) is 13.2. The second kappa shape index (κ2) is 7.49. The molecule has 0 saturated carbocycles. The summed E-state index contributed by atoms with van der Waals surface area (Å²) in [6, 6.07) is 14.0. The van der Waals surface area contributed by atoms with Crippen LogP contribution in [0.15, 0.2) is 42.5 Å². The highest BCUT2D eigenvalue weighted by molar-refractivity contribution is 6.33. The lowest BCUT2D eigenvalue weighted by Crippen LogP contribution is -3.11. The Hall–Kier alpha value is -2.77. The zero-order chi connectivity index (χ0) is 20.8. The number of amides is 1. The number of hydrogen-bond donors (Lipinski definition) is 1. The van der Waals surface area contributed by atoms with E-state index in [1.165, 1.54) is 20.8 Å². The van der Waals surface area contributed by atoms with Crippen molar-refractivity contribution in [2.45, 2.75) is 31.8 Å². The van der Waals surface area contributed by atoms with Crippen LogP contribution in [0, 0.1) is 6.92 Å². The number of likely N-dealkylation sites (tertiary alicyclic amines) is 1. The van der Waals surface area contributed by atoms with Crippen molar-refractivity contribution in [2.75, 3.05) is 25.0 Å². The number of benzene rings is 2. The molecule has 3 aromatic rings. The average Bonchev–Trinajstić information content (AvgIpc) is 3.30. The summed E-state index contributed by atoms with van der Waals surface area (Å²) in [5.41, 5.74) is 4.25. The van der Waals surface area contributed by atoms with Gasteiger partial charge < -0.3 is 9.80 Å². The number of aromatic nitrogens is 4. The molecule has 0 spiro atoms. The average molecular weight is 424 g/mol. The van der Waals surface area contributed by atoms with Gasteiger partial charge in [0.05, 0.1) is 37.1 Å². The van der Waals surface area contributed by atoms with Gasteiger partial charge in [-0.05, 0) is 35.9 Å². The molecule has 1 saturated heterocycles. The van der Waals surface area contributed by atoms with Crippen LogP contribution in [0.25, 0.3) is 11.4 Å². The highest BCUT2D eigenvalue weighted by Gasteiger charge is 2.45. The van der Waals surface area contributed by atoms with Crippen molar-refractivity contribution in [3.63, 3.8) is 0 Å². The second-order valence-electron chi connectivity index (χ2n) is 8.32. The molecule has 1 unspecified atom stereocenters. The molecule has 0 aliphatic carbocycles. The molecule has 154 valence electrons. The maximum Gasteiger partial charge on any atom is 0.250 e. The van der Waals surface area contributed by atoms with Crippen LogP contribution in [0.4, 0.5) is 5.69 Å². The van der Waals surface area contributed by atoms with E-state index in [9.17, 15) is 4.79 Å². The Kier molecular flexibility index (Phi) is 4.79. The number of halogens is 1. The molecule has 0 bridgehead atoms. The summed E-state index contributed by atoms with van der Waals surface area (Å²) in [5.74, 6) is 0.793. The first-order valence-corrected chi connectivity index (χ1v) is 10.7. The van der Waals surface area contributed by atoms with Crippen LogP contribution in [0.3, 0.4) is 0 Å². The zero-order valence-electron chi connectivity index (χ0n) is 17.0. The first kappa shape index (κ1) is 19.2. The van der Waals surface area contributed by atoms with Crippen LogP contribution >= 0.6 is 11.6 Å². The highest BCUT2D eigenvalue weighted by Crippen LogP contribution is 2.43. The van der Waals surface area contributed by atoms with Crippen molar-refractivity contribution in [3.05, 3.63) is 58.6 Å². The number of carbonyl (C=O) groups is 1. The van der Waals surface area contributed by atoms with Crippen LogP contribution in [-0.2, 0) is 11.3 Å². The van der Waals surface area contributed by atoms with Crippen LogP contribution in [-0.4, -0.2) is 52.3 Å². The number of hydrogen-bond acceptors (Lipinski definition) is 4. The number of aryl methyl sites for hydroxylation is 1. The number of quaternary nitrogens is 1. The van der Waals surface area contributed by atoms with E-state index in [1.54, 1.807) is 6.07 Å². The van der Waals surface area contributed by atoms with Crippen molar-refractivity contribution in [1.29, 1.82) is 0 Å². The van der Waals surface area contributed by atoms with Gasteiger partial charge in [-0.15, -0.1) is 10.2 Å². The van der Waals surface area contributed by atoms with Crippen molar-refractivity contribution in [2.24, 2.45) is 0 Å². The zero-order valence-corrected chi connectivity index (χ0v) is 17.8. The number of nitrogens with zero attached hydrogens (tertiary/aromatic N) is 5. The Labute approximate surface area is 180 Å². The summed E-state index contributed by atoms with van der Waals surface area (Å²) < 4.78 is 0. The fourth-order valence-corrected chi connectivity index (χ4v) is 5.00. The normalized spacial score (nSPS) is 22.6. The van der Waals surface area contributed by atoms with Crippen molar-refractivity contribution >= 4 is 23.2 Å². The molecule has 1 aromatic heterocycles. The summed E-state index contributed by atoms with van der Waals surface area (Å²) in [6.07, 6.45) is 0.992. The molecular formula is C22H24ClN6O+. The minimum absolute atomic E-state index is 0.00438. The third kappa shape index (κ3) is 3.28. The predicted octanol–water partition coefficient (Wildman–Crippen LogP) is 1.72. The minimum Gasteiger partial charge on any atom is -0.337 e. The van der Waals surface area contributed by atoms with Gasteiger partial charge in [0.15, 0.2) is 0 Å². The largest absolute Gasteiger partial charge is 0.337 e. The number of nitrogens with one attached hydrogen (secondary N) is 1. The summed E-state index contributed by atoms with van der Waals surface area (Å²) >= 11 is 6.24. The molecule has 30 heavy (non-hydrogen) atoms. The van der Waals surface area contributed by atoms with Crippen LogP contribution < -0.4 is 9.80 Å². The molecular weight excluding hydrogens is 400 g/mol. The molecule has 2 aromatic carbocycles. The molecule has 1 fully saturated rings. The van der Waals surface area contributed by atoms with Gasteiger partial charge in [-0.25, -0.2) is 0 Å². The van der Waals surface area contributed by atoms with Gasteiger partial charge in [0, 0.05) is 17.7 Å². The van der Waals surface area contributed by atoms with E-state index in [-0.39, 0.29) is 18.5 Å². The summed E-state index contributed by atoms with van der Waals surface area (Å²) in [6.45, 7) is 4.27. The van der Waals surface area contributed by atoms with E-state index in [0.717, 1.165) is 25.2 Å². The SMILES string of the molecule is Cc1ccc2c(c1)[C@@H]1C[NH+](C)CC[C@@H]1N2C(=O)Cn1nnc(-c2ccccc2Cl)n1. The van der Waals surface area contributed by atoms with Crippen LogP contribution in [0.1, 0.15) is 23.5 Å². The number of anilines is 1. The van der Waals surface area contributed by atoms with E-state index in [2.05, 4.69) is 47.6 Å². The van der Waals surface area contributed by atoms with Gasteiger partial charge in [-0.1, -0.05) is 41.4 Å². The summed E-state index contributed by atoms with van der Waals surface area (Å²) in [4.78, 5) is 18.2. The van der Waals surface area contributed by atoms with Gasteiger partial charge in [-0.3, -0.25) is 4.79 Å². The van der Waals surface area contributed by atoms with Gasteiger partial charge in [0.1, 0.15) is 6.54 Å². The quantitative estimate of drug-likeness (QED) is 0.696. The molecule has 3 atom stereocenters. The van der Waals surface area contributed by atoms with Crippen LogP contribution in [0.2, 0.25) is 5.02 Å². The number of fused-ring (bicyclic) bond motifs is 3. The number of tetrazole rings is 1. The fraction of sp³-hybridized carbons (Fsp3) is 0.364. The molecule has 0 radical (unpaired) electrons. The number of piperidine rings is 1. The Balaban J connectivity index is 1.42. The van der Waals surface area contributed by atoms with Crippen molar-refractivity contribution < 1.29 is 9.69 Å². The van der Waals surface area contributed by atoms with Gasteiger partial charge in [0.2, 0.25) is 5.82 Å². The van der Waals surface area contributed by atoms with Crippen molar-refractivity contribution in [1.82, 2.24) is 20.2 Å². The predicted molar refractivity (Wildman–Crippen MR) is 115 cm³/mol. The molecule has 3 heterocycles. The molecule has 5 rings (SSSR count). The molecule has 7 nitrogen and oxygen atoms in total. The molecule has 2 aliphatic rings. The van der Waals surface area contributed by atoms with E-state index < -0.39 is 0 Å². The van der Waals surface area contributed by atoms with Crippen LogP contribution in [0.5, 0.6) is 0 Å². The number of carbonyl (C=O) groups excluding carboxylic acids is 1. The lowest BCUT2D eigenvalue weighted by Gasteiger charge is -2.34. The minimum atomic E-state index is -0.00438. The molecule has 2 aliphatic heterocycles. The number of likely N-dealkylation sites (N-methyl/N-ethyl adjacent to an activating group) is 1. The monoisotopic (exact) mass is 423 g/mol. The van der Waals surface area contributed by atoms with Gasteiger partial charge in [0.25, 0.3) is 5.91 Å². The standard InChI is InChI=1S/C22H23ClN6O/c1-14-7-8-19-16(11-14)17-12-27(2)10-9-20(17)29(19)21(30)13-28-25-22(24-26-28)15-5-3-4-6-18(15)23/h3-8,11,17,20H,9-10,12-13H2,1-2H3/p+1/t17-,20-/m0/s1. The fourth-order valence-electron chi connectivity index (χ4n) is 4.78. The maximum absolute atomic E-state index is 13.4. The lowest BCUT2D eigenvalue weighted by molar-refractivity contribution is -0.886. The first-order chi connectivity index (χ1) is 14.5. The Morgan fingerprint density at radius 1 is 1.27 bits per heavy atom. The first-order valence-electron chi connectivity index (χ1n) is 10.3. The van der Waals surface area contributed by atoms with E-state index in [1.807, 2.05) is 23.1 Å². The van der Waals surface area contributed by atoms with E-state index >= 15 is 0 Å². The smallest absolute Gasteiger partial charge is 0.250 e. The van der Waals surface area contributed by atoms with Gasteiger partial charge in [-0.2, -0.15) is 4.80 Å². The summed E-state index contributed by atoms with van der Waals surface area (Å²) in [7, 11) is 2.23. The second-order valence-corrected chi connectivity index (χ2v) is 8.73. The maximum atomic E-state index is 13.4. The Morgan fingerprint density at radius 2 is 2.10 bits per heavy atom. The third-order valence-electron chi connectivity index (χ3n) is 6.19. The lowest BCUT2D eigenvalue weighted by atomic mass is 9.89. The van der Waals surface area contributed by atoms with Gasteiger partial charge >= 0.3 is 0 Å². The highest BCUT2D eigenvalue weighted by atomic mass is 35.5. The van der Waals surface area contributed by atoms with Crippen molar-refractivity contribution in [3.8, 4) is 11.4 Å². The van der Waals surface area contributed by atoms with E-state index in [0.29, 0.717) is 22.3 Å². The third-order valence-corrected chi connectivity index (χ3v) is 6.52. The molecule has 8 heteroatoms. The van der Waals surface area contributed by atoms with E-state index in [4.69, 9.17) is 11.6 Å².